The third kappa shape index (κ3) is 3.25. The van der Waals surface area contributed by atoms with Gasteiger partial charge in [-0.15, -0.1) is 24.8 Å². The van der Waals surface area contributed by atoms with Crippen molar-refractivity contribution in [1.82, 2.24) is 0 Å². The first kappa shape index (κ1) is 13.4. The van der Waals surface area contributed by atoms with E-state index < -0.39 is 0 Å². The van der Waals surface area contributed by atoms with Crippen LogP contribution in [0.15, 0.2) is 22.1 Å². The average molecular weight is 214 g/mol. The van der Waals surface area contributed by atoms with Crippen molar-refractivity contribution in [3.63, 3.8) is 0 Å². The van der Waals surface area contributed by atoms with E-state index in [1.807, 2.05) is 0 Å². The van der Waals surface area contributed by atoms with E-state index in [9.17, 15) is 0 Å². The van der Waals surface area contributed by atoms with Crippen molar-refractivity contribution in [1.29, 1.82) is 0 Å². The molecule has 0 heterocycles. The molecule has 1 aliphatic rings. The smallest absolute Gasteiger partial charge is 0.147 e. The van der Waals surface area contributed by atoms with Crippen LogP contribution in [0.25, 0.3) is 0 Å². The van der Waals surface area contributed by atoms with Gasteiger partial charge in [0.1, 0.15) is 0 Å². The molecule has 0 aromatic rings. The zero-order chi connectivity index (χ0) is 5.98. The van der Waals surface area contributed by atoms with E-state index in [0.717, 1.165) is 5.92 Å². The van der Waals surface area contributed by atoms with Gasteiger partial charge in [-0.3, -0.25) is 0 Å². The summed E-state index contributed by atoms with van der Waals surface area (Å²) in [5.41, 5.74) is 0. The predicted octanol–water partition coefficient (Wildman–Crippen LogP) is 2.86. The molecule has 0 bridgehead atoms. The summed E-state index contributed by atoms with van der Waals surface area (Å²) in [6.45, 7) is 2.22. The fourth-order valence-electron chi connectivity index (χ4n) is 0.877. The molecule has 0 nitrogen and oxygen atoms in total. The van der Waals surface area contributed by atoms with E-state index in [2.05, 4.69) is 45.6 Å². The Morgan fingerprint density at radius 2 is 2.10 bits per heavy atom. The van der Waals surface area contributed by atoms with Crippen LogP contribution in [0.5, 0.6) is 0 Å². The summed E-state index contributed by atoms with van der Waals surface area (Å²) in [6, 6.07) is 0. The molecule has 0 fully saturated rings. The standard InChI is InChI=1S/C7H9.2ClH.Ti/c1-2-7-5-3-4-6-7;;;/h3-5,7H,2H2,1H3;2*1H;. The Balaban J connectivity index is 0. The largest absolute Gasteiger partial charge is 0.147 e. The van der Waals surface area contributed by atoms with Crippen molar-refractivity contribution >= 4 is 24.8 Å². The van der Waals surface area contributed by atoms with Crippen LogP contribution in [0.1, 0.15) is 13.3 Å². The van der Waals surface area contributed by atoms with Crippen molar-refractivity contribution in [2.75, 3.05) is 0 Å². The van der Waals surface area contributed by atoms with Crippen LogP contribution >= 0.6 is 24.8 Å². The van der Waals surface area contributed by atoms with Gasteiger partial charge >= 0.3 is 61.8 Å². The van der Waals surface area contributed by atoms with Crippen LogP contribution in [0.4, 0.5) is 0 Å². The molecule has 1 atom stereocenters. The van der Waals surface area contributed by atoms with E-state index in [4.69, 9.17) is 0 Å². The fraction of sp³-hybridized carbons (Fsp3) is 0.429. The second kappa shape index (κ2) is 6.48. The zero-order valence-corrected chi connectivity index (χ0v) is 9.03. The number of allylic oxidation sites excluding steroid dienone is 4. The van der Waals surface area contributed by atoms with Crippen molar-refractivity contribution in [3.8, 4) is 0 Å². The molecule has 0 saturated heterocycles. The molecule has 0 amide bonds. The molecule has 0 N–H and O–H groups in total. The molecular formula is C7H11Cl2Ti. The first-order valence-corrected chi connectivity index (χ1v) is 3.72. The quantitative estimate of drug-likeness (QED) is 0.588. The normalized spacial score (nSPS) is 20.8. The molecule has 0 aromatic carbocycles. The van der Waals surface area contributed by atoms with Crippen LogP contribution in [-0.4, -0.2) is 0 Å². The molecule has 0 saturated carbocycles. The zero-order valence-electron chi connectivity index (χ0n) is 5.83. The Morgan fingerprint density at radius 3 is 2.30 bits per heavy atom. The monoisotopic (exact) mass is 213 g/mol. The number of hydrogen-bond donors (Lipinski definition) is 0. The van der Waals surface area contributed by atoms with Gasteiger partial charge < -0.3 is 0 Å². The summed E-state index contributed by atoms with van der Waals surface area (Å²) in [6.07, 6.45) is 7.84. The summed E-state index contributed by atoms with van der Waals surface area (Å²) in [5, 5.41) is 0. The summed E-state index contributed by atoms with van der Waals surface area (Å²) < 4.78 is 1.51. The van der Waals surface area contributed by atoms with Gasteiger partial charge in [-0.2, -0.15) is 0 Å². The maximum Gasteiger partial charge on any atom is -0.147 e. The molecule has 1 rings (SSSR count). The second-order valence-electron chi connectivity index (χ2n) is 2.02. The van der Waals surface area contributed by atoms with Crippen molar-refractivity contribution in [2.45, 2.75) is 13.3 Å². The van der Waals surface area contributed by atoms with E-state index >= 15 is 0 Å². The SMILES string of the molecule is CCC1C=CC=[C]1[Ti].Cl.Cl. The van der Waals surface area contributed by atoms with Crippen LogP contribution in [-0.2, 0) is 20.4 Å². The summed E-state index contributed by atoms with van der Waals surface area (Å²) in [7, 11) is 0. The van der Waals surface area contributed by atoms with Crippen LogP contribution in [0.2, 0.25) is 0 Å². The Kier molecular flexibility index (Phi) is 8.67. The Bertz CT molecular complexity index is 141. The Morgan fingerprint density at radius 1 is 1.50 bits per heavy atom. The first-order chi connectivity index (χ1) is 3.84. The molecule has 1 aliphatic carbocycles. The molecule has 57 valence electrons. The second-order valence-corrected chi connectivity index (χ2v) is 2.92. The van der Waals surface area contributed by atoms with Gasteiger partial charge in [-0.25, -0.2) is 0 Å². The van der Waals surface area contributed by atoms with Crippen LogP contribution in [0, 0.1) is 5.92 Å². The van der Waals surface area contributed by atoms with Crippen LogP contribution in [0.3, 0.4) is 0 Å². The molecule has 3 heteroatoms. The fourth-order valence-corrected chi connectivity index (χ4v) is 1.50. The maximum absolute atomic E-state index is 2.26. The summed E-state index contributed by atoms with van der Waals surface area (Å²) in [4.78, 5) is 0. The molecule has 0 radical (unpaired) electrons. The van der Waals surface area contributed by atoms with E-state index in [1.165, 1.54) is 10.3 Å². The molecule has 0 spiro atoms. The van der Waals surface area contributed by atoms with Crippen molar-refractivity contribution < 1.29 is 20.4 Å². The topological polar surface area (TPSA) is 0 Å². The molecule has 10 heavy (non-hydrogen) atoms. The van der Waals surface area contributed by atoms with Gasteiger partial charge in [0.15, 0.2) is 0 Å². The number of hydrogen-bond acceptors (Lipinski definition) is 0. The first-order valence-electron chi connectivity index (χ1n) is 2.94. The number of rotatable bonds is 1. The summed E-state index contributed by atoms with van der Waals surface area (Å²) in [5.74, 6) is 0.745. The van der Waals surface area contributed by atoms with E-state index in [1.54, 1.807) is 0 Å². The van der Waals surface area contributed by atoms with E-state index in [0.29, 0.717) is 0 Å². The van der Waals surface area contributed by atoms with Gasteiger partial charge in [0.25, 0.3) is 0 Å². The third-order valence-electron chi connectivity index (χ3n) is 1.46. The van der Waals surface area contributed by atoms with Crippen molar-refractivity contribution in [3.05, 3.63) is 22.1 Å². The predicted molar refractivity (Wildman–Crippen MR) is 45.5 cm³/mol. The Labute approximate surface area is 86.4 Å². The minimum Gasteiger partial charge on any atom is -0.147 e. The van der Waals surface area contributed by atoms with Crippen LogP contribution < -0.4 is 0 Å². The maximum atomic E-state index is 2.26. The van der Waals surface area contributed by atoms with Gasteiger partial charge in [0.05, 0.1) is 0 Å². The average Bonchev–Trinajstić information content (AvgIpc) is 2.14. The molecular weight excluding hydrogens is 203 g/mol. The minimum absolute atomic E-state index is 0. The van der Waals surface area contributed by atoms with E-state index in [-0.39, 0.29) is 24.8 Å². The molecule has 1 unspecified atom stereocenters. The van der Waals surface area contributed by atoms with Gasteiger partial charge in [-0.05, 0) is 0 Å². The van der Waals surface area contributed by atoms with Gasteiger partial charge in [0.2, 0.25) is 0 Å². The molecule has 0 aromatic heterocycles. The van der Waals surface area contributed by atoms with Crippen molar-refractivity contribution in [2.24, 2.45) is 5.92 Å². The third-order valence-corrected chi connectivity index (χ3v) is 2.30. The Hall–Kier alpha value is 0.774. The van der Waals surface area contributed by atoms with Gasteiger partial charge in [0, 0.05) is 0 Å². The summed E-state index contributed by atoms with van der Waals surface area (Å²) >= 11 is 2.19. The van der Waals surface area contributed by atoms with Gasteiger partial charge in [-0.1, -0.05) is 0 Å². The minimum atomic E-state index is 0. The molecule has 0 aliphatic heterocycles. The number of halogens is 2.